The van der Waals surface area contributed by atoms with E-state index in [0.717, 1.165) is 11.4 Å². The molecule has 0 aliphatic rings. The highest BCUT2D eigenvalue weighted by Gasteiger charge is 2.04. The van der Waals surface area contributed by atoms with Crippen LogP contribution in [0, 0.1) is 13.8 Å². The average Bonchev–Trinajstić information content (AvgIpc) is 2.33. The molecule has 0 heterocycles. The summed E-state index contributed by atoms with van der Waals surface area (Å²) in [5.74, 6) is 0. The van der Waals surface area contributed by atoms with Crippen LogP contribution in [0.2, 0.25) is 0 Å². The summed E-state index contributed by atoms with van der Waals surface area (Å²) >= 11 is 0. The third-order valence-electron chi connectivity index (χ3n) is 3.16. The van der Waals surface area contributed by atoms with Crippen LogP contribution < -0.4 is 10.6 Å². The van der Waals surface area contributed by atoms with Crippen molar-refractivity contribution in [3.8, 4) is 0 Å². The first kappa shape index (κ1) is 11.5. The van der Waals surface area contributed by atoms with E-state index in [4.69, 9.17) is 5.73 Å². The fourth-order valence-corrected chi connectivity index (χ4v) is 1.78. The van der Waals surface area contributed by atoms with Gasteiger partial charge in [-0.1, -0.05) is 6.07 Å². The summed E-state index contributed by atoms with van der Waals surface area (Å²) in [5, 5.41) is 0. The molecule has 2 nitrogen and oxygen atoms in total. The van der Waals surface area contributed by atoms with E-state index in [0.29, 0.717) is 0 Å². The largest absolute Gasteiger partial charge is 0.399 e. The van der Waals surface area contributed by atoms with Crippen LogP contribution in [0.5, 0.6) is 0 Å². The van der Waals surface area contributed by atoms with Crippen molar-refractivity contribution >= 4 is 17.1 Å². The van der Waals surface area contributed by atoms with Gasteiger partial charge in [0.25, 0.3) is 0 Å². The second-order valence-corrected chi connectivity index (χ2v) is 4.42. The summed E-state index contributed by atoms with van der Waals surface area (Å²) in [6.45, 7) is 4.26. The molecule has 0 aliphatic carbocycles. The van der Waals surface area contributed by atoms with Gasteiger partial charge in [0.2, 0.25) is 0 Å². The first-order chi connectivity index (χ1) is 8.08. The molecule has 0 radical (unpaired) electrons. The van der Waals surface area contributed by atoms with Gasteiger partial charge in [0, 0.05) is 24.1 Å². The van der Waals surface area contributed by atoms with Crippen molar-refractivity contribution < 1.29 is 0 Å². The third kappa shape index (κ3) is 2.41. The van der Waals surface area contributed by atoms with Crippen molar-refractivity contribution in [1.29, 1.82) is 0 Å². The van der Waals surface area contributed by atoms with Crippen LogP contribution in [0.25, 0.3) is 0 Å². The molecule has 2 N–H and O–H groups in total. The van der Waals surface area contributed by atoms with Crippen LogP contribution in [0.3, 0.4) is 0 Å². The first-order valence-electron chi connectivity index (χ1n) is 5.74. The molecule has 0 amide bonds. The quantitative estimate of drug-likeness (QED) is 0.792. The van der Waals surface area contributed by atoms with Crippen molar-refractivity contribution in [2.45, 2.75) is 13.8 Å². The SMILES string of the molecule is Cc1ccc(N(C)c2ccc(N)cc2)cc1C. The summed E-state index contributed by atoms with van der Waals surface area (Å²) < 4.78 is 0. The van der Waals surface area contributed by atoms with Gasteiger partial charge in [0.1, 0.15) is 0 Å². The predicted octanol–water partition coefficient (Wildman–Crippen LogP) is 3.65. The van der Waals surface area contributed by atoms with E-state index >= 15 is 0 Å². The monoisotopic (exact) mass is 226 g/mol. The molecule has 0 saturated heterocycles. The van der Waals surface area contributed by atoms with Gasteiger partial charge in [0.15, 0.2) is 0 Å². The molecule has 0 spiro atoms. The molecule has 2 rings (SSSR count). The number of nitrogens with zero attached hydrogens (tertiary/aromatic N) is 1. The molecule has 0 bridgehead atoms. The van der Waals surface area contributed by atoms with Gasteiger partial charge in [-0.2, -0.15) is 0 Å². The number of nitrogens with two attached hydrogens (primary N) is 1. The van der Waals surface area contributed by atoms with Crippen molar-refractivity contribution in [2.24, 2.45) is 0 Å². The normalized spacial score (nSPS) is 10.3. The number of hydrogen-bond acceptors (Lipinski definition) is 2. The van der Waals surface area contributed by atoms with Crippen molar-refractivity contribution in [2.75, 3.05) is 17.7 Å². The van der Waals surface area contributed by atoms with E-state index in [1.807, 2.05) is 24.3 Å². The lowest BCUT2D eigenvalue weighted by Crippen LogP contribution is -2.09. The first-order valence-corrected chi connectivity index (χ1v) is 5.74. The zero-order valence-corrected chi connectivity index (χ0v) is 10.6. The molecule has 0 fully saturated rings. The molecule has 0 aromatic heterocycles. The lowest BCUT2D eigenvalue weighted by Gasteiger charge is -2.20. The smallest absolute Gasteiger partial charge is 0.0410 e. The molecule has 2 heteroatoms. The van der Waals surface area contributed by atoms with Crippen LogP contribution in [0.15, 0.2) is 42.5 Å². The lowest BCUT2D eigenvalue weighted by molar-refractivity contribution is 1.19. The van der Waals surface area contributed by atoms with E-state index in [1.54, 1.807) is 0 Å². The van der Waals surface area contributed by atoms with E-state index in [-0.39, 0.29) is 0 Å². The van der Waals surface area contributed by atoms with Gasteiger partial charge in [0.05, 0.1) is 0 Å². The summed E-state index contributed by atoms with van der Waals surface area (Å²) in [4.78, 5) is 2.16. The topological polar surface area (TPSA) is 29.3 Å². The highest BCUT2D eigenvalue weighted by molar-refractivity contribution is 5.65. The lowest BCUT2D eigenvalue weighted by atomic mass is 10.1. The van der Waals surface area contributed by atoms with Gasteiger partial charge in [-0.3, -0.25) is 0 Å². The van der Waals surface area contributed by atoms with Crippen molar-refractivity contribution in [1.82, 2.24) is 0 Å². The zero-order valence-electron chi connectivity index (χ0n) is 10.6. The molecule has 2 aromatic rings. The Morgan fingerprint density at radius 3 is 2.00 bits per heavy atom. The molecule has 2 aromatic carbocycles. The number of aryl methyl sites for hydroxylation is 2. The standard InChI is InChI=1S/C15H18N2/c1-11-4-7-15(10-12(11)2)17(3)14-8-5-13(16)6-9-14/h4-10H,16H2,1-3H3. The van der Waals surface area contributed by atoms with E-state index < -0.39 is 0 Å². The minimum Gasteiger partial charge on any atom is -0.399 e. The van der Waals surface area contributed by atoms with E-state index in [9.17, 15) is 0 Å². The molecular weight excluding hydrogens is 208 g/mol. The summed E-state index contributed by atoms with van der Waals surface area (Å²) in [6, 6.07) is 14.4. The van der Waals surface area contributed by atoms with Crippen LogP contribution in [0.1, 0.15) is 11.1 Å². The highest BCUT2D eigenvalue weighted by atomic mass is 15.1. The maximum absolute atomic E-state index is 5.69. The molecule has 17 heavy (non-hydrogen) atoms. The second-order valence-electron chi connectivity index (χ2n) is 4.42. The van der Waals surface area contributed by atoms with Crippen LogP contribution >= 0.6 is 0 Å². The Labute approximate surface area is 103 Å². The van der Waals surface area contributed by atoms with E-state index in [1.165, 1.54) is 16.8 Å². The molecule has 0 aliphatic heterocycles. The minimum atomic E-state index is 0.794. The van der Waals surface area contributed by atoms with Crippen LogP contribution in [0.4, 0.5) is 17.1 Å². The van der Waals surface area contributed by atoms with E-state index in [2.05, 4.69) is 44.0 Å². The van der Waals surface area contributed by atoms with Crippen LogP contribution in [-0.2, 0) is 0 Å². The van der Waals surface area contributed by atoms with Gasteiger partial charge < -0.3 is 10.6 Å². The summed E-state index contributed by atoms with van der Waals surface area (Å²) in [7, 11) is 2.07. The van der Waals surface area contributed by atoms with Crippen LogP contribution in [-0.4, -0.2) is 7.05 Å². The van der Waals surface area contributed by atoms with Crippen molar-refractivity contribution in [3.05, 3.63) is 53.6 Å². The van der Waals surface area contributed by atoms with Gasteiger partial charge >= 0.3 is 0 Å². The Morgan fingerprint density at radius 2 is 1.41 bits per heavy atom. The Hall–Kier alpha value is -1.96. The Kier molecular flexibility index (Phi) is 3.05. The maximum Gasteiger partial charge on any atom is 0.0410 e. The number of nitrogen functional groups attached to an aromatic ring is 1. The zero-order chi connectivity index (χ0) is 12.4. The van der Waals surface area contributed by atoms with Gasteiger partial charge in [-0.05, 0) is 61.4 Å². The number of benzene rings is 2. The summed E-state index contributed by atoms with van der Waals surface area (Å²) in [6.07, 6.45) is 0. The van der Waals surface area contributed by atoms with Gasteiger partial charge in [-0.15, -0.1) is 0 Å². The summed E-state index contributed by atoms with van der Waals surface area (Å²) in [5.41, 5.74) is 11.4. The second kappa shape index (κ2) is 4.50. The number of hydrogen-bond donors (Lipinski definition) is 1. The molecule has 0 atom stereocenters. The maximum atomic E-state index is 5.69. The fourth-order valence-electron chi connectivity index (χ4n) is 1.78. The Balaban J connectivity index is 2.33. The number of anilines is 3. The highest BCUT2D eigenvalue weighted by Crippen LogP contribution is 2.25. The van der Waals surface area contributed by atoms with Crippen molar-refractivity contribution in [3.63, 3.8) is 0 Å². The predicted molar refractivity (Wildman–Crippen MR) is 74.8 cm³/mol. The fraction of sp³-hybridized carbons (Fsp3) is 0.200. The molecular formula is C15H18N2. The molecule has 0 saturated carbocycles. The Bertz CT molecular complexity index is 515. The molecule has 0 unspecified atom stereocenters. The minimum absolute atomic E-state index is 0.794. The Morgan fingerprint density at radius 1 is 0.824 bits per heavy atom. The van der Waals surface area contributed by atoms with Gasteiger partial charge in [-0.25, -0.2) is 0 Å². The third-order valence-corrected chi connectivity index (χ3v) is 3.16. The average molecular weight is 226 g/mol. The molecule has 88 valence electrons. The number of rotatable bonds is 2.